The molecule has 0 spiro atoms. The van der Waals surface area contributed by atoms with E-state index >= 15 is 0 Å². The molecule has 0 bridgehead atoms. The Kier molecular flexibility index (Phi) is 5.44. The highest BCUT2D eigenvalue weighted by Crippen LogP contribution is 2.43. The number of aliphatic hydroxyl groups excluding tert-OH is 1. The van der Waals surface area contributed by atoms with Crippen molar-refractivity contribution in [2.45, 2.75) is 32.5 Å². The zero-order chi connectivity index (χ0) is 20.4. The number of rotatable bonds is 6. The van der Waals surface area contributed by atoms with Crippen molar-refractivity contribution in [3.63, 3.8) is 0 Å². The normalized spacial score (nSPS) is 18.0. The van der Waals surface area contributed by atoms with Gasteiger partial charge in [0.05, 0.1) is 17.7 Å². The number of hydrogen-bond acceptors (Lipinski definition) is 4. The molecule has 2 aromatic carbocycles. The second-order valence-electron chi connectivity index (χ2n) is 6.47. The first kappa shape index (κ1) is 19.5. The first-order valence-corrected chi connectivity index (χ1v) is 8.67. The molecule has 5 nitrogen and oxygen atoms in total. The summed E-state index contributed by atoms with van der Waals surface area (Å²) in [6.45, 7) is 0.118. The molecule has 0 fully saturated rings. The van der Waals surface area contributed by atoms with Crippen molar-refractivity contribution in [1.82, 2.24) is 4.90 Å². The van der Waals surface area contributed by atoms with Gasteiger partial charge in [0.25, 0.3) is 5.91 Å². The van der Waals surface area contributed by atoms with E-state index in [0.29, 0.717) is 5.56 Å². The molecule has 1 aliphatic rings. The fourth-order valence-corrected chi connectivity index (χ4v) is 3.43. The van der Waals surface area contributed by atoms with E-state index in [4.69, 9.17) is 0 Å². The third-order valence-electron chi connectivity index (χ3n) is 4.74. The number of nitrogens with zero attached hydrogens (tertiary/aromatic N) is 1. The number of aliphatic hydroxyl groups is 1. The van der Waals surface area contributed by atoms with Crippen molar-refractivity contribution in [2.75, 3.05) is 0 Å². The van der Waals surface area contributed by atoms with Crippen LogP contribution in [-0.4, -0.2) is 28.3 Å². The number of benzene rings is 2. The molecule has 2 atom stereocenters. The van der Waals surface area contributed by atoms with Crippen LogP contribution in [-0.2, 0) is 9.59 Å². The molecule has 1 heterocycles. The molecule has 7 heteroatoms. The van der Waals surface area contributed by atoms with Crippen LogP contribution in [0.3, 0.4) is 0 Å². The number of ether oxygens (including phenoxy) is 1. The minimum atomic E-state index is -2.95. The van der Waals surface area contributed by atoms with Crippen molar-refractivity contribution >= 4 is 11.7 Å². The van der Waals surface area contributed by atoms with Crippen molar-refractivity contribution in [2.24, 2.45) is 0 Å². The van der Waals surface area contributed by atoms with Crippen LogP contribution in [0.2, 0.25) is 0 Å². The van der Waals surface area contributed by atoms with Crippen LogP contribution in [0, 0.1) is 0 Å². The van der Waals surface area contributed by atoms with E-state index in [0.717, 1.165) is 5.56 Å². The summed E-state index contributed by atoms with van der Waals surface area (Å²) in [7, 11) is 0. The summed E-state index contributed by atoms with van der Waals surface area (Å²) in [6, 6.07) is 13.6. The predicted octanol–water partition coefficient (Wildman–Crippen LogP) is 4.33. The molecule has 1 aliphatic heterocycles. The quantitative estimate of drug-likeness (QED) is 0.801. The maximum atomic E-state index is 12.8. The minimum Gasteiger partial charge on any atom is -0.503 e. The van der Waals surface area contributed by atoms with E-state index in [9.17, 15) is 23.5 Å². The Morgan fingerprint density at radius 3 is 2.25 bits per heavy atom. The largest absolute Gasteiger partial charge is 0.503 e. The lowest BCUT2D eigenvalue weighted by Gasteiger charge is -2.32. The van der Waals surface area contributed by atoms with Crippen LogP contribution >= 0.6 is 0 Å². The topological polar surface area (TPSA) is 66.8 Å². The first-order valence-electron chi connectivity index (χ1n) is 8.67. The van der Waals surface area contributed by atoms with E-state index in [2.05, 4.69) is 4.74 Å². The first-order chi connectivity index (χ1) is 13.3. The summed E-state index contributed by atoms with van der Waals surface area (Å²) in [5.41, 5.74) is 1.32. The summed E-state index contributed by atoms with van der Waals surface area (Å²) in [5.74, 6) is -1.72. The Labute approximate surface area is 160 Å². The van der Waals surface area contributed by atoms with Crippen LogP contribution in [0.25, 0.3) is 0 Å². The van der Waals surface area contributed by atoms with E-state index in [1.807, 2.05) is 30.3 Å². The zero-order valence-electron chi connectivity index (χ0n) is 15.3. The van der Waals surface area contributed by atoms with Crippen LogP contribution < -0.4 is 4.74 Å². The third-order valence-corrected chi connectivity index (χ3v) is 4.74. The Balaban J connectivity index is 2.04. The van der Waals surface area contributed by atoms with Crippen molar-refractivity contribution < 1.29 is 28.2 Å². The second-order valence-corrected chi connectivity index (χ2v) is 6.47. The SMILES string of the molecule is CC(=O)C1=C(O)C(=O)N(C(C)c2ccccc2)C1c1ccc(OC(F)F)cc1. The van der Waals surface area contributed by atoms with Gasteiger partial charge < -0.3 is 14.7 Å². The van der Waals surface area contributed by atoms with Gasteiger partial charge in [0, 0.05) is 0 Å². The Hall–Kier alpha value is -3.22. The Morgan fingerprint density at radius 1 is 1.11 bits per heavy atom. The molecule has 2 unspecified atom stereocenters. The monoisotopic (exact) mass is 387 g/mol. The maximum absolute atomic E-state index is 12.8. The molecule has 0 aromatic heterocycles. The van der Waals surface area contributed by atoms with Crippen molar-refractivity contribution in [3.05, 3.63) is 77.1 Å². The van der Waals surface area contributed by atoms with Crippen LogP contribution in [0.5, 0.6) is 5.75 Å². The number of carbonyl (C=O) groups excluding carboxylic acids is 2. The predicted molar refractivity (Wildman–Crippen MR) is 97.9 cm³/mol. The molecule has 146 valence electrons. The van der Waals surface area contributed by atoms with Gasteiger partial charge in [-0.2, -0.15) is 8.78 Å². The standard InChI is InChI=1S/C21H19F2NO4/c1-12(14-6-4-3-5-7-14)24-18(17(13(2)25)19(26)20(24)27)15-8-10-16(11-9-15)28-21(22)23/h3-12,18,21,26H,1-2H3. The minimum absolute atomic E-state index is 0.0182. The number of alkyl halides is 2. The highest BCUT2D eigenvalue weighted by molar-refractivity contribution is 6.08. The molecule has 0 saturated heterocycles. The van der Waals surface area contributed by atoms with E-state index < -0.39 is 36.1 Å². The van der Waals surface area contributed by atoms with Gasteiger partial charge in [0.2, 0.25) is 0 Å². The lowest BCUT2D eigenvalue weighted by molar-refractivity contribution is -0.131. The summed E-state index contributed by atoms with van der Waals surface area (Å²) in [4.78, 5) is 26.4. The lowest BCUT2D eigenvalue weighted by atomic mass is 9.95. The molecular formula is C21H19F2NO4. The van der Waals surface area contributed by atoms with Crippen LogP contribution in [0.4, 0.5) is 8.78 Å². The highest BCUT2D eigenvalue weighted by Gasteiger charge is 2.44. The fraction of sp³-hybridized carbons (Fsp3) is 0.238. The average Bonchev–Trinajstić information content (AvgIpc) is 2.93. The molecular weight excluding hydrogens is 368 g/mol. The molecule has 1 amide bonds. The third kappa shape index (κ3) is 3.60. The number of ketones is 1. The molecule has 28 heavy (non-hydrogen) atoms. The number of carbonyl (C=O) groups is 2. The average molecular weight is 387 g/mol. The molecule has 3 rings (SSSR count). The van der Waals surface area contributed by atoms with Gasteiger partial charge in [-0.3, -0.25) is 9.59 Å². The van der Waals surface area contributed by atoms with Gasteiger partial charge in [-0.15, -0.1) is 0 Å². The maximum Gasteiger partial charge on any atom is 0.387 e. The molecule has 0 radical (unpaired) electrons. The van der Waals surface area contributed by atoms with Crippen molar-refractivity contribution in [1.29, 1.82) is 0 Å². The van der Waals surface area contributed by atoms with Gasteiger partial charge in [-0.25, -0.2) is 0 Å². The molecule has 1 N–H and O–H groups in total. The van der Waals surface area contributed by atoms with Gasteiger partial charge in [0.15, 0.2) is 11.5 Å². The molecule has 2 aromatic rings. The van der Waals surface area contributed by atoms with Crippen LogP contribution in [0.15, 0.2) is 65.9 Å². The number of Topliss-reactive ketones (excluding diaryl/α,β-unsaturated/α-hetero) is 1. The second kappa shape index (κ2) is 7.80. The summed E-state index contributed by atoms with van der Waals surface area (Å²) in [6.07, 6.45) is 0. The smallest absolute Gasteiger partial charge is 0.387 e. The summed E-state index contributed by atoms with van der Waals surface area (Å²) >= 11 is 0. The highest BCUT2D eigenvalue weighted by atomic mass is 19.3. The molecule has 0 saturated carbocycles. The number of halogens is 2. The van der Waals surface area contributed by atoms with Crippen LogP contribution in [0.1, 0.15) is 37.1 Å². The number of amides is 1. The summed E-state index contributed by atoms with van der Waals surface area (Å²) in [5, 5.41) is 10.3. The van der Waals surface area contributed by atoms with Gasteiger partial charge in [0.1, 0.15) is 5.75 Å². The Bertz CT molecular complexity index is 910. The van der Waals surface area contributed by atoms with E-state index in [1.165, 1.54) is 36.1 Å². The van der Waals surface area contributed by atoms with Gasteiger partial charge in [-0.1, -0.05) is 42.5 Å². The van der Waals surface area contributed by atoms with Gasteiger partial charge >= 0.3 is 6.61 Å². The van der Waals surface area contributed by atoms with Gasteiger partial charge in [-0.05, 0) is 37.1 Å². The molecule has 0 aliphatic carbocycles. The lowest BCUT2D eigenvalue weighted by Crippen LogP contribution is -2.33. The Morgan fingerprint density at radius 2 is 1.71 bits per heavy atom. The zero-order valence-corrected chi connectivity index (χ0v) is 15.3. The number of hydrogen-bond donors (Lipinski definition) is 1. The summed E-state index contributed by atoms with van der Waals surface area (Å²) < 4.78 is 29.1. The van der Waals surface area contributed by atoms with E-state index in [-0.39, 0.29) is 11.3 Å². The fourth-order valence-electron chi connectivity index (χ4n) is 3.43. The van der Waals surface area contributed by atoms with E-state index in [1.54, 1.807) is 6.92 Å². The van der Waals surface area contributed by atoms with Crippen molar-refractivity contribution in [3.8, 4) is 5.75 Å².